The van der Waals surface area contributed by atoms with Crippen molar-refractivity contribution in [2.75, 3.05) is 6.61 Å². The molecule has 1 amide bonds. The Balaban J connectivity index is 1.71. The molecule has 0 bridgehead atoms. The van der Waals surface area contributed by atoms with E-state index in [2.05, 4.69) is 4.98 Å². The van der Waals surface area contributed by atoms with Crippen LogP contribution in [0.4, 0.5) is 0 Å². The van der Waals surface area contributed by atoms with Crippen LogP contribution in [0, 0.1) is 0 Å². The monoisotopic (exact) mass is 446 g/mol. The molecule has 0 unspecified atom stereocenters. The number of nitrogens with two attached hydrogens (primary N) is 1. The Hall–Kier alpha value is -2.15. The molecule has 0 radical (unpaired) electrons. The standard InChI is InChI=1S/C22H24Cl2N4O2/c1-13-8-16(6-7-30-13)28-19(29)10-22(2,27-21(28)25)18-5-3-4-17(20(18)24)14-9-15(23)12-26-11-14/h3-5,9,11-13,16H,6-8,10H2,1-2H3,(H2,25,27)/t13-,16-,22-/m0/s1. The van der Waals surface area contributed by atoms with E-state index in [1.54, 1.807) is 23.4 Å². The highest BCUT2D eigenvalue weighted by atomic mass is 35.5. The normalized spacial score (nSPS) is 27.1. The molecule has 0 spiro atoms. The first kappa shape index (κ1) is 21.1. The summed E-state index contributed by atoms with van der Waals surface area (Å²) in [5, 5.41) is 1.04. The van der Waals surface area contributed by atoms with E-state index in [1.807, 2.05) is 32.0 Å². The Morgan fingerprint density at radius 3 is 2.80 bits per heavy atom. The molecule has 2 aromatic rings. The first-order valence-electron chi connectivity index (χ1n) is 9.97. The van der Waals surface area contributed by atoms with Crippen LogP contribution in [0.1, 0.15) is 38.7 Å². The molecule has 158 valence electrons. The number of hydrogen-bond donors (Lipinski definition) is 1. The number of pyridine rings is 1. The van der Waals surface area contributed by atoms with Gasteiger partial charge in [0.05, 0.1) is 28.1 Å². The first-order chi connectivity index (χ1) is 14.3. The fourth-order valence-corrected chi connectivity index (χ4v) is 4.95. The summed E-state index contributed by atoms with van der Waals surface area (Å²) in [6.07, 6.45) is 5.06. The summed E-state index contributed by atoms with van der Waals surface area (Å²) in [6, 6.07) is 7.50. The molecule has 2 N–H and O–H groups in total. The van der Waals surface area contributed by atoms with Crippen LogP contribution in [0.2, 0.25) is 10.0 Å². The average Bonchev–Trinajstić information content (AvgIpc) is 2.67. The predicted octanol–water partition coefficient (Wildman–Crippen LogP) is 4.39. The summed E-state index contributed by atoms with van der Waals surface area (Å²) in [5.74, 6) is 0.189. The maximum absolute atomic E-state index is 13.2. The first-order valence-corrected chi connectivity index (χ1v) is 10.7. The molecule has 0 aliphatic carbocycles. The molecule has 1 fully saturated rings. The zero-order chi connectivity index (χ0) is 21.5. The third-order valence-electron chi connectivity index (χ3n) is 5.79. The number of ether oxygens (including phenoxy) is 1. The van der Waals surface area contributed by atoms with Gasteiger partial charge in [-0.05, 0) is 38.3 Å². The van der Waals surface area contributed by atoms with Crippen molar-refractivity contribution in [1.82, 2.24) is 9.88 Å². The van der Waals surface area contributed by atoms with E-state index < -0.39 is 5.54 Å². The number of hydrogen-bond acceptors (Lipinski definition) is 5. The van der Waals surface area contributed by atoms with Crippen LogP contribution in [0.5, 0.6) is 0 Å². The molecule has 2 aliphatic rings. The summed E-state index contributed by atoms with van der Waals surface area (Å²) in [5.41, 5.74) is 7.80. The largest absolute Gasteiger partial charge is 0.378 e. The fraction of sp³-hybridized carbons (Fsp3) is 0.409. The van der Waals surface area contributed by atoms with Crippen LogP contribution in [0.15, 0.2) is 41.7 Å². The van der Waals surface area contributed by atoms with Gasteiger partial charge >= 0.3 is 0 Å². The van der Waals surface area contributed by atoms with E-state index in [0.29, 0.717) is 16.7 Å². The quantitative estimate of drug-likeness (QED) is 0.757. The van der Waals surface area contributed by atoms with Gasteiger partial charge < -0.3 is 10.5 Å². The van der Waals surface area contributed by atoms with Crippen LogP contribution in [0.25, 0.3) is 11.1 Å². The number of nitrogens with zero attached hydrogens (tertiary/aromatic N) is 3. The van der Waals surface area contributed by atoms with Crippen LogP contribution in [-0.4, -0.2) is 40.5 Å². The molecule has 1 aromatic heterocycles. The molecule has 1 aromatic carbocycles. The molecule has 8 heteroatoms. The highest BCUT2D eigenvalue weighted by molar-refractivity contribution is 6.34. The number of halogens is 2. The Bertz CT molecular complexity index is 1010. The minimum absolute atomic E-state index is 0.00823. The summed E-state index contributed by atoms with van der Waals surface area (Å²) in [4.78, 5) is 23.7. The lowest BCUT2D eigenvalue weighted by atomic mass is 9.85. The maximum Gasteiger partial charge on any atom is 0.232 e. The van der Waals surface area contributed by atoms with Gasteiger partial charge in [-0.2, -0.15) is 0 Å². The molecule has 6 nitrogen and oxygen atoms in total. The van der Waals surface area contributed by atoms with Gasteiger partial charge in [-0.1, -0.05) is 41.4 Å². The molecule has 3 heterocycles. The molecule has 3 atom stereocenters. The van der Waals surface area contributed by atoms with Crippen molar-refractivity contribution in [3.63, 3.8) is 0 Å². The van der Waals surface area contributed by atoms with Crippen molar-refractivity contribution < 1.29 is 9.53 Å². The van der Waals surface area contributed by atoms with Gasteiger partial charge in [-0.3, -0.25) is 14.7 Å². The SMILES string of the molecule is C[C@H]1C[C@@H](N2C(=O)C[C@@](C)(c3cccc(-c4cncc(Cl)c4)c3Cl)N=C2N)CCO1. The smallest absolute Gasteiger partial charge is 0.232 e. The zero-order valence-corrected chi connectivity index (χ0v) is 18.5. The van der Waals surface area contributed by atoms with Crippen molar-refractivity contribution in [1.29, 1.82) is 0 Å². The van der Waals surface area contributed by atoms with Gasteiger partial charge in [0.25, 0.3) is 0 Å². The van der Waals surface area contributed by atoms with E-state index in [9.17, 15) is 4.79 Å². The third kappa shape index (κ3) is 3.92. The number of carbonyl (C=O) groups is 1. The second-order valence-corrected chi connectivity index (χ2v) is 8.92. The van der Waals surface area contributed by atoms with E-state index in [1.165, 1.54) is 0 Å². The minimum atomic E-state index is -0.854. The number of guanidine groups is 1. The Morgan fingerprint density at radius 2 is 2.10 bits per heavy atom. The van der Waals surface area contributed by atoms with Gasteiger partial charge in [0.1, 0.15) is 0 Å². The molecule has 1 saturated heterocycles. The van der Waals surface area contributed by atoms with Crippen LogP contribution in [-0.2, 0) is 15.1 Å². The van der Waals surface area contributed by atoms with Crippen molar-refractivity contribution in [2.24, 2.45) is 10.7 Å². The van der Waals surface area contributed by atoms with Gasteiger partial charge in [0.15, 0.2) is 5.96 Å². The van der Waals surface area contributed by atoms with E-state index in [0.717, 1.165) is 29.5 Å². The number of aromatic nitrogens is 1. The summed E-state index contributed by atoms with van der Waals surface area (Å²) >= 11 is 12.9. The Kier molecular flexibility index (Phi) is 5.75. The molecule has 30 heavy (non-hydrogen) atoms. The topological polar surface area (TPSA) is 80.8 Å². The molecule has 0 saturated carbocycles. The summed E-state index contributed by atoms with van der Waals surface area (Å²) < 4.78 is 5.61. The molecule has 4 rings (SSSR count). The summed E-state index contributed by atoms with van der Waals surface area (Å²) in [7, 11) is 0. The third-order valence-corrected chi connectivity index (χ3v) is 6.40. The van der Waals surface area contributed by atoms with E-state index in [4.69, 9.17) is 38.7 Å². The number of benzene rings is 1. The van der Waals surface area contributed by atoms with Crippen LogP contribution < -0.4 is 5.73 Å². The van der Waals surface area contributed by atoms with Crippen LogP contribution >= 0.6 is 23.2 Å². The van der Waals surface area contributed by atoms with E-state index >= 15 is 0 Å². The van der Waals surface area contributed by atoms with Crippen molar-refractivity contribution in [3.05, 3.63) is 52.3 Å². The Labute approximate surface area is 186 Å². The summed E-state index contributed by atoms with van der Waals surface area (Å²) in [6.45, 7) is 4.51. The van der Waals surface area contributed by atoms with Gasteiger partial charge in [0.2, 0.25) is 5.91 Å². The molecule has 2 aliphatic heterocycles. The van der Waals surface area contributed by atoms with Gasteiger partial charge in [-0.25, -0.2) is 4.99 Å². The van der Waals surface area contributed by atoms with Crippen molar-refractivity contribution in [3.8, 4) is 11.1 Å². The Morgan fingerprint density at radius 1 is 1.30 bits per heavy atom. The highest BCUT2D eigenvalue weighted by Gasteiger charge is 2.42. The second kappa shape index (κ2) is 8.17. The average molecular weight is 447 g/mol. The lowest BCUT2D eigenvalue weighted by Crippen LogP contribution is -2.56. The molecular weight excluding hydrogens is 423 g/mol. The lowest BCUT2D eigenvalue weighted by Gasteiger charge is -2.41. The highest BCUT2D eigenvalue weighted by Crippen LogP contribution is 2.42. The number of rotatable bonds is 3. The second-order valence-electron chi connectivity index (χ2n) is 8.10. The van der Waals surface area contributed by atoms with Gasteiger partial charge in [-0.15, -0.1) is 0 Å². The van der Waals surface area contributed by atoms with E-state index in [-0.39, 0.29) is 30.4 Å². The number of carbonyl (C=O) groups excluding carboxylic acids is 1. The number of aliphatic imine (C=N–C) groups is 1. The van der Waals surface area contributed by atoms with Crippen LogP contribution in [0.3, 0.4) is 0 Å². The van der Waals surface area contributed by atoms with Crippen molar-refractivity contribution in [2.45, 2.75) is 50.8 Å². The number of amides is 1. The fourth-order valence-electron chi connectivity index (χ4n) is 4.34. The predicted molar refractivity (Wildman–Crippen MR) is 119 cm³/mol. The van der Waals surface area contributed by atoms with Crippen molar-refractivity contribution >= 4 is 35.1 Å². The zero-order valence-electron chi connectivity index (χ0n) is 16.9. The van der Waals surface area contributed by atoms with Gasteiger partial charge in [0, 0.05) is 36.2 Å². The lowest BCUT2D eigenvalue weighted by molar-refractivity contribution is -0.133. The minimum Gasteiger partial charge on any atom is -0.378 e. The maximum atomic E-state index is 13.2. The molecular formula is C22H24Cl2N4O2.